The van der Waals surface area contributed by atoms with Crippen molar-refractivity contribution >= 4 is 5.69 Å². The summed E-state index contributed by atoms with van der Waals surface area (Å²) in [5.74, 6) is 0. The van der Waals surface area contributed by atoms with Crippen LogP contribution in [0, 0.1) is 0 Å². The molecule has 1 aliphatic rings. The van der Waals surface area contributed by atoms with E-state index in [1.807, 2.05) is 18.3 Å². The third-order valence-corrected chi connectivity index (χ3v) is 4.52. The van der Waals surface area contributed by atoms with Gasteiger partial charge in [0.15, 0.2) is 0 Å². The van der Waals surface area contributed by atoms with Crippen molar-refractivity contribution in [1.82, 2.24) is 9.88 Å². The van der Waals surface area contributed by atoms with Crippen LogP contribution in [-0.4, -0.2) is 43.2 Å². The van der Waals surface area contributed by atoms with Crippen LogP contribution < -0.4 is 4.90 Å². The second-order valence-electron chi connectivity index (χ2n) is 6.11. The largest absolute Gasteiger partial charge is 0.378 e. The van der Waals surface area contributed by atoms with Crippen LogP contribution in [0.4, 0.5) is 5.69 Å². The lowest BCUT2D eigenvalue weighted by Gasteiger charge is -2.29. The minimum absolute atomic E-state index is 0.301. The van der Waals surface area contributed by atoms with Gasteiger partial charge in [-0.05, 0) is 43.8 Å². The minimum atomic E-state index is 0.301. The molecule has 0 saturated carbocycles. The van der Waals surface area contributed by atoms with Gasteiger partial charge >= 0.3 is 0 Å². The lowest BCUT2D eigenvalue weighted by atomic mass is 10.1. The first-order valence-electron chi connectivity index (χ1n) is 8.27. The van der Waals surface area contributed by atoms with E-state index in [4.69, 9.17) is 4.74 Å². The van der Waals surface area contributed by atoms with E-state index in [-0.39, 0.29) is 0 Å². The number of nitrogens with zero attached hydrogens (tertiary/aromatic N) is 3. The van der Waals surface area contributed by atoms with Gasteiger partial charge in [-0.3, -0.25) is 9.88 Å². The first kappa shape index (κ1) is 16.0. The molecule has 1 aromatic heterocycles. The van der Waals surface area contributed by atoms with Crippen molar-refractivity contribution in [2.45, 2.75) is 19.5 Å². The van der Waals surface area contributed by atoms with Crippen LogP contribution in [0.5, 0.6) is 0 Å². The summed E-state index contributed by atoms with van der Waals surface area (Å²) < 4.78 is 5.41. The molecule has 2 heterocycles. The molecule has 0 bridgehead atoms. The van der Waals surface area contributed by atoms with E-state index in [0.717, 1.165) is 38.5 Å². The van der Waals surface area contributed by atoms with Gasteiger partial charge in [0.25, 0.3) is 0 Å². The fourth-order valence-electron chi connectivity index (χ4n) is 2.91. The number of hydrogen-bond acceptors (Lipinski definition) is 4. The lowest BCUT2D eigenvalue weighted by molar-refractivity contribution is 0.122. The Bertz CT molecular complexity index is 594. The van der Waals surface area contributed by atoms with E-state index >= 15 is 0 Å². The molecule has 1 atom stereocenters. The van der Waals surface area contributed by atoms with Crippen molar-refractivity contribution in [3.63, 3.8) is 0 Å². The van der Waals surface area contributed by atoms with E-state index in [0.29, 0.717) is 6.04 Å². The summed E-state index contributed by atoms with van der Waals surface area (Å²) >= 11 is 0. The first-order chi connectivity index (χ1) is 11.2. The highest BCUT2D eigenvalue weighted by atomic mass is 16.5. The number of benzene rings is 1. The average molecular weight is 311 g/mol. The van der Waals surface area contributed by atoms with Crippen molar-refractivity contribution in [2.75, 3.05) is 38.3 Å². The number of anilines is 1. The third kappa shape index (κ3) is 4.09. The molecule has 4 heteroatoms. The molecule has 1 aliphatic heterocycles. The molecule has 122 valence electrons. The molecule has 3 rings (SSSR count). The van der Waals surface area contributed by atoms with Crippen LogP contribution in [0.2, 0.25) is 0 Å². The van der Waals surface area contributed by atoms with Gasteiger partial charge in [0.1, 0.15) is 0 Å². The summed E-state index contributed by atoms with van der Waals surface area (Å²) in [5.41, 5.74) is 3.73. The smallest absolute Gasteiger partial charge is 0.0642 e. The Balaban J connectivity index is 1.61. The maximum absolute atomic E-state index is 5.41. The van der Waals surface area contributed by atoms with Crippen LogP contribution in [0.1, 0.15) is 24.2 Å². The van der Waals surface area contributed by atoms with Crippen molar-refractivity contribution in [3.05, 3.63) is 59.9 Å². The summed E-state index contributed by atoms with van der Waals surface area (Å²) in [7, 11) is 2.15. The predicted molar refractivity (Wildman–Crippen MR) is 93.6 cm³/mol. The number of hydrogen-bond donors (Lipinski definition) is 0. The monoisotopic (exact) mass is 311 g/mol. The van der Waals surface area contributed by atoms with Crippen molar-refractivity contribution in [2.24, 2.45) is 0 Å². The second kappa shape index (κ2) is 7.57. The van der Waals surface area contributed by atoms with Gasteiger partial charge in [-0.2, -0.15) is 0 Å². The number of morpholine rings is 1. The molecule has 2 aromatic rings. The zero-order chi connectivity index (χ0) is 16.1. The molecule has 0 N–H and O–H groups in total. The zero-order valence-corrected chi connectivity index (χ0v) is 14.0. The third-order valence-electron chi connectivity index (χ3n) is 4.52. The van der Waals surface area contributed by atoms with E-state index in [9.17, 15) is 0 Å². The van der Waals surface area contributed by atoms with E-state index in [1.54, 1.807) is 0 Å². The highest BCUT2D eigenvalue weighted by molar-refractivity contribution is 5.47. The Morgan fingerprint density at radius 2 is 1.87 bits per heavy atom. The summed E-state index contributed by atoms with van der Waals surface area (Å²) in [6, 6.07) is 15.3. The quantitative estimate of drug-likeness (QED) is 0.848. The van der Waals surface area contributed by atoms with E-state index in [2.05, 4.69) is 59.1 Å². The van der Waals surface area contributed by atoms with Crippen molar-refractivity contribution < 1.29 is 4.74 Å². The van der Waals surface area contributed by atoms with Gasteiger partial charge in [-0.15, -0.1) is 0 Å². The zero-order valence-electron chi connectivity index (χ0n) is 14.0. The first-order valence-corrected chi connectivity index (χ1v) is 8.27. The Morgan fingerprint density at radius 1 is 1.13 bits per heavy atom. The Morgan fingerprint density at radius 3 is 2.52 bits per heavy atom. The number of aromatic nitrogens is 1. The van der Waals surface area contributed by atoms with Crippen LogP contribution in [0.25, 0.3) is 0 Å². The standard InChI is InChI=1S/C19H25N3O/c1-16(19-5-3-4-10-20-19)21(2)15-17-6-8-18(9-7-17)22-11-13-23-14-12-22/h3-10,16H,11-15H2,1-2H3/t16-/m1/s1. The van der Waals surface area contributed by atoms with Crippen molar-refractivity contribution in [1.29, 1.82) is 0 Å². The van der Waals surface area contributed by atoms with Gasteiger partial charge < -0.3 is 9.64 Å². The fourth-order valence-corrected chi connectivity index (χ4v) is 2.91. The maximum atomic E-state index is 5.41. The molecule has 0 amide bonds. The molecule has 0 spiro atoms. The Hall–Kier alpha value is -1.91. The van der Waals surface area contributed by atoms with Crippen molar-refractivity contribution in [3.8, 4) is 0 Å². The molecule has 1 fully saturated rings. The second-order valence-corrected chi connectivity index (χ2v) is 6.11. The van der Waals surface area contributed by atoms with Gasteiger partial charge in [0, 0.05) is 37.6 Å². The van der Waals surface area contributed by atoms with Gasteiger partial charge in [0.05, 0.1) is 18.9 Å². The molecule has 1 aromatic carbocycles. The van der Waals surface area contributed by atoms with Crippen LogP contribution >= 0.6 is 0 Å². The summed E-state index contributed by atoms with van der Waals surface area (Å²) in [4.78, 5) is 9.16. The Labute approximate surface area is 138 Å². The topological polar surface area (TPSA) is 28.6 Å². The highest BCUT2D eigenvalue weighted by Crippen LogP contribution is 2.21. The van der Waals surface area contributed by atoms with E-state index < -0.39 is 0 Å². The molecule has 0 unspecified atom stereocenters. The van der Waals surface area contributed by atoms with Crippen LogP contribution in [0.3, 0.4) is 0 Å². The van der Waals surface area contributed by atoms with Crippen LogP contribution in [0.15, 0.2) is 48.7 Å². The van der Waals surface area contributed by atoms with Crippen LogP contribution in [-0.2, 0) is 11.3 Å². The summed E-state index contributed by atoms with van der Waals surface area (Å²) in [6.45, 7) is 6.73. The number of rotatable bonds is 5. The molecule has 0 radical (unpaired) electrons. The van der Waals surface area contributed by atoms with Gasteiger partial charge in [0.2, 0.25) is 0 Å². The SMILES string of the molecule is C[C@H](c1ccccn1)N(C)Cc1ccc(N2CCOCC2)cc1. The number of pyridine rings is 1. The molecular weight excluding hydrogens is 286 g/mol. The molecule has 0 aliphatic carbocycles. The average Bonchev–Trinajstić information content (AvgIpc) is 2.63. The summed E-state index contributed by atoms with van der Waals surface area (Å²) in [5, 5.41) is 0. The minimum Gasteiger partial charge on any atom is -0.378 e. The normalized spacial score (nSPS) is 16.6. The highest BCUT2D eigenvalue weighted by Gasteiger charge is 2.14. The molecule has 23 heavy (non-hydrogen) atoms. The van der Waals surface area contributed by atoms with E-state index in [1.165, 1.54) is 11.3 Å². The molecular formula is C19H25N3O. The maximum Gasteiger partial charge on any atom is 0.0642 e. The predicted octanol–water partition coefficient (Wildman–Crippen LogP) is 3.11. The lowest BCUT2D eigenvalue weighted by Crippen LogP contribution is -2.36. The number of ether oxygens (including phenoxy) is 1. The summed E-state index contributed by atoms with van der Waals surface area (Å²) in [6.07, 6.45) is 1.86. The van der Waals surface area contributed by atoms with Gasteiger partial charge in [-0.1, -0.05) is 18.2 Å². The van der Waals surface area contributed by atoms with Gasteiger partial charge in [-0.25, -0.2) is 0 Å². The fraction of sp³-hybridized carbons (Fsp3) is 0.421. The molecule has 4 nitrogen and oxygen atoms in total. The Kier molecular flexibility index (Phi) is 5.26. The molecule has 1 saturated heterocycles.